The molecular weight excluding hydrogens is 127 g/mol. The molecule has 0 bridgehead atoms. The van der Waals surface area contributed by atoms with Crippen molar-refractivity contribution in [2.45, 2.75) is 0 Å². The van der Waals surface area contributed by atoms with Gasteiger partial charge in [-0.1, -0.05) is 18.2 Å². The molecule has 0 atom stereocenters. The van der Waals surface area contributed by atoms with Crippen molar-refractivity contribution >= 4 is 0 Å². The van der Waals surface area contributed by atoms with Crippen molar-refractivity contribution in [3.05, 3.63) is 48.5 Å². The Labute approximate surface area is 78.8 Å². The molecule has 0 nitrogen and oxygen atoms in total. The molecule has 0 N–H and O–H groups in total. The SMILES string of the molecule is [Li+].[c-]1cc2cccccc-2c1. The Morgan fingerprint density at radius 1 is 0.818 bits per heavy atom. The van der Waals surface area contributed by atoms with Crippen LogP contribution in [-0.4, -0.2) is 0 Å². The van der Waals surface area contributed by atoms with Crippen molar-refractivity contribution in [2.24, 2.45) is 0 Å². The van der Waals surface area contributed by atoms with E-state index in [0.717, 1.165) is 0 Å². The molecule has 1 heteroatoms. The molecule has 0 heterocycles. The summed E-state index contributed by atoms with van der Waals surface area (Å²) in [7, 11) is 0. The van der Waals surface area contributed by atoms with E-state index in [4.69, 9.17) is 0 Å². The van der Waals surface area contributed by atoms with E-state index in [-0.39, 0.29) is 18.9 Å². The number of fused-ring (bicyclic) bond motifs is 1. The van der Waals surface area contributed by atoms with Gasteiger partial charge in [0.25, 0.3) is 0 Å². The fourth-order valence-corrected chi connectivity index (χ4v) is 1.06. The van der Waals surface area contributed by atoms with Crippen LogP contribution < -0.4 is 18.9 Å². The third kappa shape index (κ3) is 1.65. The standard InChI is InChI=1S/C10H7.Li/c1-2-5-9-7-4-8-10(9)6-3-1;/h1-3,5-8H;/q-1;+1. The largest absolute Gasteiger partial charge is 1.00 e. The van der Waals surface area contributed by atoms with Gasteiger partial charge in [0.2, 0.25) is 0 Å². The molecule has 0 fully saturated rings. The van der Waals surface area contributed by atoms with Gasteiger partial charge in [0.05, 0.1) is 0 Å². The molecule has 0 unspecified atom stereocenters. The van der Waals surface area contributed by atoms with Crippen LogP contribution in [0.3, 0.4) is 0 Å². The summed E-state index contributed by atoms with van der Waals surface area (Å²) in [5, 5.41) is 0. The van der Waals surface area contributed by atoms with Gasteiger partial charge < -0.3 is 0 Å². The van der Waals surface area contributed by atoms with Gasteiger partial charge in [0, 0.05) is 0 Å². The third-order valence-electron chi connectivity index (χ3n) is 1.58. The fraction of sp³-hybridized carbons (Fsp3) is 0. The van der Waals surface area contributed by atoms with E-state index in [1.54, 1.807) is 0 Å². The minimum absolute atomic E-state index is 0. The predicted molar refractivity (Wildman–Crippen MR) is 41.9 cm³/mol. The first kappa shape index (κ1) is 8.39. The van der Waals surface area contributed by atoms with Crippen LogP contribution in [0.15, 0.2) is 42.5 Å². The van der Waals surface area contributed by atoms with Crippen LogP contribution in [0.4, 0.5) is 0 Å². The summed E-state index contributed by atoms with van der Waals surface area (Å²) < 4.78 is 0. The Morgan fingerprint density at radius 2 is 1.36 bits per heavy atom. The summed E-state index contributed by atoms with van der Waals surface area (Å²) in [5.41, 5.74) is 2.51. The van der Waals surface area contributed by atoms with Gasteiger partial charge in [-0.05, 0) is 0 Å². The molecule has 2 aliphatic carbocycles. The zero-order chi connectivity index (χ0) is 6.81. The van der Waals surface area contributed by atoms with Crippen molar-refractivity contribution in [1.82, 2.24) is 0 Å². The molecule has 0 amide bonds. The minimum atomic E-state index is 0. The maximum absolute atomic E-state index is 3.05. The molecule has 0 aromatic rings. The van der Waals surface area contributed by atoms with Crippen molar-refractivity contribution in [3.8, 4) is 11.1 Å². The molecule has 0 saturated heterocycles. The van der Waals surface area contributed by atoms with Crippen LogP contribution >= 0.6 is 0 Å². The zero-order valence-electron chi connectivity index (χ0n) is 6.54. The molecule has 2 aliphatic rings. The maximum atomic E-state index is 3.05. The molecule has 48 valence electrons. The van der Waals surface area contributed by atoms with Gasteiger partial charge in [-0.2, -0.15) is 29.3 Å². The molecule has 0 saturated carbocycles. The molecule has 0 radical (unpaired) electrons. The van der Waals surface area contributed by atoms with Crippen LogP contribution in [-0.2, 0) is 0 Å². The van der Waals surface area contributed by atoms with Gasteiger partial charge in [-0.15, -0.1) is 12.1 Å². The van der Waals surface area contributed by atoms with Gasteiger partial charge in [0.15, 0.2) is 0 Å². The van der Waals surface area contributed by atoms with Gasteiger partial charge >= 0.3 is 18.9 Å². The van der Waals surface area contributed by atoms with E-state index >= 15 is 0 Å². The summed E-state index contributed by atoms with van der Waals surface area (Å²) in [6.45, 7) is 0. The Kier molecular flexibility index (Phi) is 2.76. The van der Waals surface area contributed by atoms with Crippen LogP contribution in [0.1, 0.15) is 0 Å². The fourth-order valence-electron chi connectivity index (χ4n) is 1.06. The number of hydrogen-bond acceptors (Lipinski definition) is 0. The summed E-state index contributed by atoms with van der Waals surface area (Å²) >= 11 is 0. The smallest absolute Gasteiger partial charge is 0.185 e. The molecule has 0 aromatic heterocycles. The topological polar surface area (TPSA) is 0 Å². The average molecular weight is 134 g/mol. The van der Waals surface area contributed by atoms with Gasteiger partial charge in [0.1, 0.15) is 0 Å². The van der Waals surface area contributed by atoms with Gasteiger partial charge in [-0.3, -0.25) is 0 Å². The monoisotopic (exact) mass is 134 g/mol. The van der Waals surface area contributed by atoms with Crippen LogP contribution in [0.25, 0.3) is 11.1 Å². The molecule has 0 spiro atoms. The third-order valence-corrected chi connectivity index (χ3v) is 1.58. The van der Waals surface area contributed by atoms with E-state index in [1.807, 2.05) is 30.3 Å². The van der Waals surface area contributed by atoms with Crippen LogP contribution in [0.2, 0.25) is 0 Å². The van der Waals surface area contributed by atoms with Crippen LogP contribution in [0.5, 0.6) is 0 Å². The van der Waals surface area contributed by atoms with Crippen molar-refractivity contribution < 1.29 is 18.9 Å². The van der Waals surface area contributed by atoms with E-state index in [9.17, 15) is 0 Å². The summed E-state index contributed by atoms with van der Waals surface area (Å²) in [5.74, 6) is 0. The van der Waals surface area contributed by atoms with E-state index in [2.05, 4.69) is 18.2 Å². The summed E-state index contributed by atoms with van der Waals surface area (Å²) in [4.78, 5) is 0. The summed E-state index contributed by atoms with van der Waals surface area (Å²) in [6, 6.07) is 17.3. The first-order chi connectivity index (χ1) is 4.97. The van der Waals surface area contributed by atoms with Crippen molar-refractivity contribution in [1.29, 1.82) is 0 Å². The first-order valence-corrected chi connectivity index (χ1v) is 3.32. The normalized spacial score (nSPS) is 9.09. The summed E-state index contributed by atoms with van der Waals surface area (Å²) in [6.07, 6.45) is 0. The van der Waals surface area contributed by atoms with Crippen molar-refractivity contribution in [2.75, 3.05) is 0 Å². The maximum Gasteiger partial charge on any atom is 1.00 e. The Balaban J connectivity index is 0.000000605. The second-order valence-corrected chi connectivity index (χ2v) is 2.28. The number of rotatable bonds is 0. The van der Waals surface area contributed by atoms with E-state index in [0.29, 0.717) is 0 Å². The molecular formula is C10H7Li. The molecule has 0 aliphatic heterocycles. The van der Waals surface area contributed by atoms with Crippen LogP contribution in [0, 0.1) is 6.07 Å². The minimum Gasteiger partial charge on any atom is -0.185 e. The Hall–Kier alpha value is -0.703. The molecule has 0 aromatic carbocycles. The van der Waals surface area contributed by atoms with Crippen molar-refractivity contribution in [3.63, 3.8) is 0 Å². The quantitative estimate of drug-likeness (QED) is 0.339. The Bertz CT molecular complexity index is 276. The second kappa shape index (κ2) is 3.62. The zero-order valence-corrected chi connectivity index (χ0v) is 6.54. The van der Waals surface area contributed by atoms with Gasteiger partial charge in [-0.25, -0.2) is 0 Å². The average Bonchev–Trinajstić information content (AvgIpc) is 2.28. The molecule has 11 heavy (non-hydrogen) atoms. The number of hydrogen-bond donors (Lipinski definition) is 0. The van der Waals surface area contributed by atoms with E-state index in [1.165, 1.54) is 11.1 Å². The van der Waals surface area contributed by atoms with E-state index < -0.39 is 0 Å². The Morgan fingerprint density at radius 3 is 1.91 bits per heavy atom. The molecule has 2 rings (SSSR count). The second-order valence-electron chi connectivity index (χ2n) is 2.28. The predicted octanol–water partition coefficient (Wildman–Crippen LogP) is -0.404. The first-order valence-electron chi connectivity index (χ1n) is 3.32.